The van der Waals surface area contributed by atoms with Crippen LogP contribution < -0.4 is 5.32 Å². The Hall–Kier alpha value is -0.640. The minimum absolute atomic E-state index is 0.397. The van der Waals surface area contributed by atoms with Crippen molar-refractivity contribution in [2.45, 2.75) is 19.9 Å². The maximum atomic E-state index is 6.13. The van der Waals surface area contributed by atoms with Crippen LogP contribution in [0, 0.1) is 5.41 Å². The van der Waals surface area contributed by atoms with E-state index in [0.29, 0.717) is 5.41 Å². The molecule has 0 saturated carbocycles. The molecule has 1 aromatic heterocycles. The van der Waals surface area contributed by atoms with E-state index in [1.165, 1.54) is 12.0 Å². The van der Waals surface area contributed by atoms with Gasteiger partial charge in [0.2, 0.25) is 0 Å². The van der Waals surface area contributed by atoms with Crippen LogP contribution in [0.5, 0.6) is 0 Å². The van der Waals surface area contributed by atoms with Crippen molar-refractivity contribution in [2.75, 3.05) is 26.7 Å². The fourth-order valence-electron chi connectivity index (χ4n) is 2.61. The molecule has 0 spiro atoms. The van der Waals surface area contributed by atoms with Crippen LogP contribution in [0.1, 0.15) is 18.9 Å². The first-order chi connectivity index (χ1) is 8.13. The maximum absolute atomic E-state index is 6.13. The van der Waals surface area contributed by atoms with Gasteiger partial charge in [0.25, 0.3) is 0 Å². The van der Waals surface area contributed by atoms with E-state index in [1.807, 2.05) is 19.3 Å². The third-order valence-corrected chi connectivity index (χ3v) is 3.83. The molecule has 0 amide bonds. The van der Waals surface area contributed by atoms with Gasteiger partial charge in [0.05, 0.1) is 5.02 Å². The lowest BCUT2D eigenvalue weighted by Crippen LogP contribution is -2.32. The Balaban J connectivity index is 1.96. The highest BCUT2D eigenvalue weighted by atomic mass is 35.5. The quantitative estimate of drug-likeness (QED) is 0.892. The molecule has 0 bridgehead atoms. The van der Waals surface area contributed by atoms with Gasteiger partial charge in [-0.25, -0.2) is 0 Å². The van der Waals surface area contributed by atoms with E-state index in [0.717, 1.165) is 31.2 Å². The second-order valence-corrected chi connectivity index (χ2v) is 5.68. The van der Waals surface area contributed by atoms with Gasteiger partial charge in [-0.1, -0.05) is 18.5 Å². The Labute approximate surface area is 108 Å². The van der Waals surface area contributed by atoms with Gasteiger partial charge in [-0.05, 0) is 37.1 Å². The molecule has 1 fully saturated rings. The van der Waals surface area contributed by atoms with Crippen LogP contribution in [0.2, 0.25) is 5.02 Å². The Morgan fingerprint density at radius 2 is 2.41 bits per heavy atom. The highest BCUT2D eigenvalue weighted by molar-refractivity contribution is 6.31. The van der Waals surface area contributed by atoms with Crippen molar-refractivity contribution in [1.82, 2.24) is 15.2 Å². The van der Waals surface area contributed by atoms with Crippen molar-refractivity contribution in [1.29, 1.82) is 0 Å². The van der Waals surface area contributed by atoms with E-state index in [9.17, 15) is 0 Å². The van der Waals surface area contributed by atoms with Gasteiger partial charge < -0.3 is 5.32 Å². The van der Waals surface area contributed by atoms with Crippen molar-refractivity contribution >= 4 is 11.6 Å². The fourth-order valence-corrected chi connectivity index (χ4v) is 2.78. The lowest BCUT2D eigenvalue weighted by atomic mass is 9.90. The first-order valence-corrected chi connectivity index (χ1v) is 6.46. The van der Waals surface area contributed by atoms with Crippen LogP contribution in [0.15, 0.2) is 18.5 Å². The fraction of sp³-hybridized carbons (Fsp3) is 0.615. The van der Waals surface area contributed by atoms with Gasteiger partial charge in [-0.3, -0.25) is 9.88 Å². The molecule has 1 aliphatic heterocycles. The van der Waals surface area contributed by atoms with E-state index in [1.54, 1.807) is 6.20 Å². The highest BCUT2D eigenvalue weighted by Gasteiger charge is 2.32. The van der Waals surface area contributed by atoms with Crippen LogP contribution in [-0.4, -0.2) is 36.6 Å². The van der Waals surface area contributed by atoms with Crippen LogP contribution in [-0.2, 0) is 6.54 Å². The minimum Gasteiger partial charge on any atom is -0.319 e. The van der Waals surface area contributed by atoms with Crippen molar-refractivity contribution in [2.24, 2.45) is 5.41 Å². The van der Waals surface area contributed by atoms with Crippen LogP contribution in [0.4, 0.5) is 0 Å². The van der Waals surface area contributed by atoms with Gasteiger partial charge in [0.15, 0.2) is 0 Å². The normalized spacial score (nSPS) is 25.4. The molecule has 1 aliphatic rings. The second kappa shape index (κ2) is 5.34. The average molecular weight is 254 g/mol. The number of nitrogens with one attached hydrogen (secondary N) is 1. The molecule has 0 aromatic carbocycles. The molecular formula is C13H20ClN3. The zero-order valence-electron chi connectivity index (χ0n) is 10.5. The van der Waals surface area contributed by atoms with E-state index < -0.39 is 0 Å². The molecule has 1 unspecified atom stereocenters. The highest BCUT2D eigenvalue weighted by Crippen LogP contribution is 2.30. The SMILES string of the molecule is CNCC1(C)CCN(Cc2ccncc2Cl)C1. The smallest absolute Gasteiger partial charge is 0.0634 e. The molecule has 1 aromatic rings. The number of hydrogen-bond acceptors (Lipinski definition) is 3. The summed E-state index contributed by atoms with van der Waals surface area (Å²) in [5.41, 5.74) is 1.57. The molecule has 0 radical (unpaired) electrons. The summed E-state index contributed by atoms with van der Waals surface area (Å²) in [7, 11) is 2.02. The van der Waals surface area contributed by atoms with Gasteiger partial charge in [0.1, 0.15) is 0 Å². The predicted octanol–water partition coefficient (Wildman–Crippen LogP) is 2.17. The molecular weight excluding hydrogens is 234 g/mol. The number of hydrogen-bond donors (Lipinski definition) is 1. The molecule has 2 heterocycles. The molecule has 1 atom stereocenters. The van der Waals surface area contributed by atoms with Crippen molar-refractivity contribution < 1.29 is 0 Å². The number of likely N-dealkylation sites (tertiary alicyclic amines) is 1. The largest absolute Gasteiger partial charge is 0.319 e. The molecule has 2 rings (SSSR count). The number of aromatic nitrogens is 1. The third-order valence-electron chi connectivity index (χ3n) is 3.49. The second-order valence-electron chi connectivity index (χ2n) is 5.27. The third kappa shape index (κ3) is 3.18. The first-order valence-electron chi connectivity index (χ1n) is 6.08. The number of halogens is 1. The van der Waals surface area contributed by atoms with Crippen LogP contribution in [0.25, 0.3) is 0 Å². The summed E-state index contributed by atoms with van der Waals surface area (Å²) in [4.78, 5) is 6.49. The van der Waals surface area contributed by atoms with Gasteiger partial charge >= 0.3 is 0 Å². The Morgan fingerprint density at radius 3 is 3.12 bits per heavy atom. The summed E-state index contributed by atoms with van der Waals surface area (Å²) in [6.45, 7) is 6.63. The molecule has 94 valence electrons. The number of nitrogens with zero attached hydrogens (tertiary/aromatic N) is 2. The Morgan fingerprint density at radius 1 is 1.59 bits per heavy atom. The summed E-state index contributed by atoms with van der Waals surface area (Å²) >= 11 is 6.13. The van der Waals surface area contributed by atoms with Crippen LogP contribution >= 0.6 is 11.6 Å². The topological polar surface area (TPSA) is 28.2 Å². The van der Waals surface area contributed by atoms with Gasteiger partial charge in [-0.2, -0.15) is 0 Å². The molecule has 3 nitrogen and oxygen atoms in total. The zero-order valence-corrected chi connectivity index (χ0v) is 11.3. The zero-order chi connectivity index (χ0) is 12.3. The van der Waals surface area contributed by atoms with Crippen molar-refractivity contribution in [3.63, 3.8) is 0 Å². The number of rotatable bonds is 4. The monoisotopic (exact) mass is 253 g/mol. The van der Waals surface area contributed by atoms with Crippen LogP contribution in [0.3, 0.4) is 0 Å². The summed E-state index contributed by atoms with van der Waals surface area (Å²) < 4.78 is 0. The predicted molar refractivity (Wildman–Crippen MR) is 71.2 cm³/mol. The van der Waals surface area contributed by atoms with Gasteiger partial charge in [-0.15, -0.1) is 0 Å². The van der Waals surface area contributed by atoms with Crippen molar-refractivity contribution in [3.8, 4) is 0 Å². The van der Waals surface area contributed by atoms with E-state index in [-0.39, 0.29) is 0 Å². The Kier molecular flexibility index (Phi) is 4.02. The summed E-state index contributed by atoms with van der Waals surface area (Å²) in [5.74, 6) is 0. The lowest BCUT2D eigenvalue weighted by molar-refractivity contribution is 0.265. The van der Waals surface area contributed by atoms with Gasteiger partial charge in [0, 0.05) is 32.0 Å². The summed E-state index contributed by atoms with van der Waals surface area (Å²) in [6.07, 6.45) is 4.78. The maximum Gasteiger partial charge on any atom is 0.0634 e. The molecule has 17 heavy (non-hydrogen) atoms. The minimum atomic E-state index is 0.397. The molecule has 1 saturated heterocycles. The molecule has 1 N–H and O–H groups in total. The lowest BCUT2D eigenvalue weighted by Gasteiger charge is -2.24. The summed E-state index contributed by atoms with van der Waals surface area (Å²) in [5, 5.41) is 4.06. The van der Waals surface area contributed by atoms with E-state index in [2.05, 4.69) is 22.1 Å². The Bertz CT molecular complexity index is 383. The first kappa shape index (κ1) is 12.8. The standard InChI is InChI=1S/C13H20ClN3/c1-13(9-15-2)4-6-17(10-13)8-11-3-5-16-7-12(11)14/h3,5,7,15H,4,6,8-10H2,1-2H3. The molecule has 0 aliphatic carbocycles. The number of pyridine rings is 1. The van der Waals surface area contributed by atoms with E-state index >= 15 is 0 Å². The van der Waals surface area contributed by atoms with E-state index in [4.69, 9.17) is 11.6 Å². The average Bonchev–Trinajstić information content (AvgIpc) is 2.64. The van der Waals surface area contributed by atoms with Crippen molar-refractivity contribution in [3.05, 3.63) is 29.0 Å². The summed E-state index contributed by atoms with van der Waals surface area (Å²) in [6, 6.07) is 2.01. The molecule has 4 heteroatoms.